The molecular weight excluding hydrogens is 392 g/mol. The lowest BCUT2D eigenvalue weighted by atomic mass is 9.90. The fraction of sp³-hybridized carbons (Fsp3) is 0.192. The molecule has 1 heterocycles. The first-order valence-corrected chi connectivity index (χ1v) is 10.2. The number of ether oxygens (including phenoxy) is 2. The number of carbonyl (C=O) groups is 3. The molecule has 0 N–H and O–H groups in total. The van der Waals surface area contributed by atoms with Crippen LogP contribution in [0.5, 0.6) is 0 Å². The van der Waals surface area contributed by atoms with Crippen molar-refractivity contribution in [2.24, 2.45) is 5.92 Å². The Morgan fingerprint density at radius 2 is 1.32 bits per heavy atom. The third kappa shape index (κ3) is 4.32. The zero-order chi connectivity index (χ0) is 21.8. The summed E-state index contributed by atoms with van der Waals surface area (Å²) in [6, 6.07) is 24.2. The molecule has 5 heteroatoms. The highest BCUT2D eigenvalue weighted by atomic mass is 16.6. The summed E-state index contributed by atoms with van der Waals surface area (Å²) < 4.78 is 11.4. The molecule has 0 aliphatic carbocycles. The van der Waals surface area contributed by atoms with E-state index in [2.05, 4.69) is 0 Å². The van der Waals surface area contributed by atoms with E-state index in [1.807, 2.05) is 12.1 Å². The monoisotopic (exact) mass is 414 g/mol. The normalized spacial score (nSPS) is 20.2. The van der Waals surface area contributed by atoms with E-state index in [0.29, 0.717) is 11.1 Å². The second-order valence-electron chi connectivity index (χ2n) is 7.48. The fourth-order valence-electron chi connectivity index (χ4n) is 3.85. The van der Waals surface area contributed by atoms with Gasteiger partial charge in [0.15, 0.2) is 11.6 Å². The van der Waals surface area contributed by atoms with Gasteiger partial charge in [0.1, 0.15) is 6.10 Å². The van der Waals surface area contributed by atoms with E-state index < -0.39 is 18.0 Å². The highest BCUT2D eigenvalue weighted by molar-refractivity contribution is 6.14. The van der Waals surface area contributed by atoms with Crippen LogP contribution in [-0.4, -0.2) is 36.4 Å². The van der Waals surface area contributed by atoms with Crippen molar-refractivity contribution in [3.05, 3.63) is 107 Å². The highest BCUT2D eigenvalue weighted by Crippen LogP contribution is 2.29. The molecule has 4 rings (SSSR count). The molecule has 3 atom stereocenters. The average Bonchev–Trinajstić information content (AvgIpc) is 3.18. The van der Waals surface area contributed by atoms with E-state index in [1.54, 1.807) is 79.7 Å². The molecule has 3 aromatic rings. The number of hydrogen-bond donors (Lipinski definition) is 0. The molecule has 3 unspecified atom stereocenters. The van der Waals surface area contributed by atoms with E-state index >= 15 is 0 Å². The van der Waals surface area contributed by atoms with Crippen LogP contribution in [0.1, 0.15) is 43.6 Å². The van der Waals surface area contributed by atoms with Crippen LogP contribution in [-0.2, 0) is 9.47 Å². The topological polar surface area (TPSA) is 69.7 Å². The summed E-state index contributed by atoms with van der Waals surface area (Å²) >= 11 is 0. The Labute approximate surface area is 180 Å². The van der Waals surface area contributed by atoms with Gasteiger partial charge in [-0.25, -0.2) is 4.79 Å². The molecule has 1 aliphatic heterocycles. The van der Waals surface area contributed by atoms with Gasteiger partial charge in [0.25, 0.3) is 0 Å². The molecular formula is C26H22O5. The van der Waals surface area contributed by atoms with Gasteiger partial charge in [0.2, 0.25) is 0 Å². The molecule has 5 nitrogen and oxygen atoms in total. The van der Waals surface area contributed by atoms with Crippen molar-refractivity contribution < 1.29 is 23.9 Å². The maximum Gasteiger partial charge on any atom is 0.339 e. The van der Waals surface area contributed by atoms with Crippen LogP contribution in [0.4, 0.5) is 0 Å². The number of esters is 1. The Morgan fingerprint density at radius 1 is 0.774 bits per heavy atom. The minimum Gasteiger partial charge on any atom is -0.455 e. The van der Waals surface area contributed by atoms with Crippen LogP contribution < -0.4 is 0 Å². The molecule has 1 fully saturated rings. The highest BCUT2D eigenvalue weighted by Gasteiger charge is 2.42. The van der Waals surface area contributed by atoms with Crippen molar-refractivity contribution in [2.45, 2.75) is 19.1 Å². The predicted molar refractivity (Wildman–Crippen MR) is 115 cm³/mol. The number of rotatable bonds is 6. The number of carbonyl (C=O) groups excluding carboxylic acids is 3. The Bertz CT molecular complexity index is 1090. The zero-order valence-electron chi connectivity index (χ0n) is 17.1. The first-order valence-electron chi connectivity index (χ1n) is 10.2. The van der Waals surface area contributed by atoms with Gasteiger partial charge in [-0.2, -0.15) is 0 Å². The summed E-state index contributed by atoms with van der Waals surface area (Å²) in [4.78, 5) is 39.0. The Hall–Kier alpha value is -3.57. The van der Waals surface area contributed by atoms with Crippen LogP contribution >= 0.6 is 0 Å². The summed E-state index contributed by atoms with van der Waals surface area (Å²) in [5.74, 6) is -1.64. The van der Waals surface area contributed by atoms with E-state index in [9.17, 15) is 14.4 Å². The maximum absolute atomic E-state index is 13.0. The summed E-state index contributed by atoms with van der Waals surface area (Å²) in [5, 5.41) is 0. The van der Waals surface area contributed by atoms with E-state index in [-0.39, 0.29) is 35.4 Å². The molecule has 1 aliphatic rings. The third-order valence-corrected chi connectivity index (χ3v) is 5.48. The van der Waals surface area contributed by atoms with Crippen LogP contribution in [0.2, 0.25) is 0 Å². The van der Waals surface area contributed by atoms with Crippen molar-refractivity contribution in [2.75, 3.05) is 6.61 Å². The van der Waals surface area contributed by atoms with Crippen LogP contribution in [0, 0.1) is 5.92 Å². The lowest BCUT2D eigenvalue weighted by molar-refractivity contribution is 0.0203. The largest absolute Gasteiger partial charge is 0.455 e. The fourth-order valence-corrected chi connectivity index (χ4v) is 3.85. The van der Waals surface area contributed by atoms with Crippen molar-refractivity contribution in [1.29, 1.82) is 0 Å². The molecule has 1 saturated heterocycles. The van der Waals surface area contributed by atoms with Crippen LogP contribution in [0.25, 0.3) is 0 Å². The van der Waals surface area contributed by atoms with Gasteiger partial charge in [-0.15, -0.1) is 0 Å². The van der Waals surface area contributed by atoms with E-state index in [4.69, 9.17) is 9.47 Å². The summed E-state index contributed by atoms with van der Waals surface area (Å²) in [5.41, 5.74) is 1.46. The number of benzene rings is 3. The minimum atomic E-state index is -0.727. The minimum absolute atomic E-state index is 0.128. The van der Waals surface area contributed by atoms with Crippen LogP contribution in [0.15, 0.2) is 84.9 Å². The molecule has 3 aromatic carbocycles. The Morgan fingerprint density at radius 3 is 1.97 bits per heavy atom. The molecule has 156 valence electrons. The van der Waals surface area contributed by atoms with Crippen LogP contribution in [0.3, 0.4) is 0 Å². The Kier molecular flexibility index (Phi) is 6.05. The van der Waals surface area contributed by atoms with Gasteiger partial charge in [0.05, 0.1) is 24.2 Å². The van der Waals surface area contributed by atoms with Crippen molar-refractivity contribution in [1.82, 2.24) is 0 Å². The van der Waals surface area contributed by atoms with Gasteiger partial charge in [0, 0.05) is 16.7 Å². The van der Waals surface area contributed by atoms with Crippen molar-refractivity contribution in [3.63, 3.8) is 0 Å². The number of hydrogen-bond acceptors (Lipinski definition) is 5. The average molecular weight is 414 g/mol. The molecule has 31 heavy (non-hydrogen) atoms. The van der Waals surface area contributed by atoms with E-state index in [1.165, 1.54) is 0 Å². The van der Waals surface area contributed by atoms with Gasteiger partial charge in [-0.05, 0) is 13.0 Å². The first kappa shape index (κ1) is 20.7. The summed E-state index contributed by atoms with van der Waals surface area (Å²) in [7, 11) is 0. The smallest absolute Gasteiger partial charge is 0.339 e. The first-order chi connectivity index (χ1) is 15.1. The molecule has 0 bridgehead atoms. The summed E-state index contributed by atoms with van der Waals surface area (Å²) in [6.45, 7) is 1.93. The molecule has 0 aromatic heterocycles. The molecule has 0 saturated carbocycles. The lowest BCUT2D eigenvalue weighted by Gasteiger charge is -2.20. The zero-order valence-corrected chi connectivity index (χ0v) is 17.1. The van der Waals surface area contributed by atoms with Gasteiger partial charge < -0.3 is 9.47 Å². The Balaban J connectivity index is 1.57. The lowest BCUT2D eigenvalue weighted by Crippen LogP contribution is -2.34. The third-order valence-electron chi connectivity index (χ3n) is 5.48. The summed E-state index contributed by atoms with van der Waals surface area (Å²) in [6.07, 6.45) is -1.11. The number of ketones is 2. The van der Waals surface area contributed by atoms with E-state index in [0.717, 1.165) is 0 Å². The molecule has 0 amide bonds. The standard InChI is InChI=1S/C26H22O5/c1-17-23(25(28)19-12-6-3-7-13-19)22(16-30-17)31-26(29)21-15-9-8-14-20(21)24(27)18-10-4-2-5-11-18/h2-15,17,22-23H,16H2,1H3. The second-order valence-corrected chi connectivity index (χ2v) is 7.48. The predicted octanol–water partition coefficient (Wildman–Crippen LogP) is 4.36. The van der Waals surface area contributed by atoms with Gasteiger partial charge in [-0.3, -0.25) is 9.59 Å². The molecule has 0 radical (unpaired) electrons. The van der Waals surface area contributed by atoms with Crippen molar-refractivity contribution >= 4 is 17.5 Å². The molecule has 0 spiro atoms. The van der Waals surface area contributed by atoms with Crippen molar-refractivity contribution in [3.8, 4) is 0 Å². The SMILES string of the molecule is CC1OCC(OC(=O)c2ccccc2C(=O)c2ccccc2)C1C(=O)c1ccccc1. The maximum atomic E-state index is 13.0. The van der Waals surface area contributed by atoms with Gasteiger partial charge in [-0.1, -0.05) is 78.9 Å². The second kappa shape index (κ2) is 9.06. The quantitative estimate of drug-likeness (QED) is 0.443. The number of Topliss-reactive ketones (excluding diaryl/α,β-unsaturated/α-hetero) is 1. The van der Waals surface area contributed by atoms with Gasteiger partial charge >= 0.3 is 5.97 Å².